The molecule has 0 aliphatic carbocycles. The molecule has 1 unspecified atom stereocenters. The van der Waals surface area contributed by atoms with Gasteiger partial charge in [0.2, 0.25) is 15.9 Å². The van der Waals surface area contributed by atoms with Crippen molar-refractivity contribution < 1.29 is 23.4 Å². The van der Waals surface area contributed by atoms with E-state index in [9.17, 15) is 23.4 Å². The first-order chi connectivity index (χ1) is 14.3. The van der Waals surface area contributed by atoms with Gasteiger partial charge in [-0.2, -0.15) is 0 Å². The van der Waals surface area contributed by atoms with Gasteiger partial charge in [-0.25, -0.2) is 13.1 Å². The number of nitrogens with zero attached hydrogens (tertiary/aromatic N) is 1. The van der Waals surface area contributed by atoms with Crippen LogP contribution in [0.5, 0.6) is 5.75 Å². The maximum Gasteiger partial charge on any atom is 0.228 e. The van der Waals surface area contributed by atoms with E-state index in [4.69, 9.17) is 11.6 Å². The highest BCUT2D eigenvalue weighted by molar-refractivity contribution is 7.88. The lowest BCUT2D eigenvalue weighted by Crippen LogP contribution is -2.44. The van der Waals surface area contributed by atoms with Crippen LogP contribution in [0.15, 0.2) is 36.5 Å². The molecule has 0 saturated carbocycles. The number of aliphatic hydroxyl groups excluding tert-OH is 1. The minimum atomic E-state index is -3.29. The summed E-state index contributed by atoms with van der Waals surface area (Å²) in [6.07, 6.45) is 1.74. The Kier molecular flexibility index (Phi) is 8.38. The van der Waals surface area contributed by atoms with Crippen molar-refractivity contribution >= 4 is 33.2 Å². The molecular weight excluding hydrogens is 444 g/mol. The van der Waals surface area contributed by atoms with Gasteiger partial charge in [0.05, 0.1) is 18.4 Å². The van der Waals surface area contributed by atoms with Crippen molar-refractivity contribution in [2.75, 3.05) is 18.1 Å². The number of aromatic nitrogens is 1. The van der Waals surface area contributed by atoms with Crippen LogP contribution in [0.4, 0.5) is 5.69 Å². The fourth-order valence-electron chi connectivity index (χ4n) is 2.81. The first kappa shape index (κ1) is 25.0. The summed E-state index contributed by atoms with van der Waals surface area (Å²) < 4.78 is 24.8. The van der Waals surface area contributed by atoms with Crippen LogP contribution >= 0.6 is 11.6 Å². The molecule has 1 atom stereocenters. The molecule has 1 aromatic heterocycles. The molecule has 9 nitrogen and oxygen atoms in total. The van der Waals surface area contributed by atoms with Crippen molar-refractivity contribution in [1.82, 2.24) is 15.0 Å². The Bertz CT molecular complexity index is 1030. The zero-order valence-corrected chi connectivity index (χ0v) is 19.1. The van der Waals surface area contributed by atoms with Crippen LogP contribution in [-0.2, 0) is 21.2 Å². The van der Waals surface area contributed by atoms with Gasteiger partial charge in [-0.05, 0) is 50.6 Å². The quantitative estimate of drug-likeness (QED) is 0.334. The van der Waals surface area contributed by atoms with Gasteiger partial charge < -0.3 is 15.5 Å². The minimum absolute atomic E-state index is 0.0258. The Balaban J connectivity index is 1.98. The van der Waals surface area contributed by atoms with Crippen LogP contribution in [0.1, 0.15) is 37.8 Å². The summed E-state index contributed by atoms with van der Waals surface area (Å²) in [7, 11) is -3.29. The molecule has 31 heavy (non-hydrogen) atoms. The number of carbonyl (C=O) groups excluding carboxylic acids is 1. The maximum absolute atomic E-state index is 12.3. The number of aromatic hydroxyl groups is 1. The Hall–Kier alpha value is -2.24. The standard InChI is InChI=1S/C20H27ClN4O5S/c1-20(2,7-9-23-31(3,29)30)25-19(28)16-12-15(6-8-22-16)24-18(27)11-13-10-14(21)4-5-17(13)26/h4-6,8,10,12,19,23,25-26,28H,7,9,11H2,1-3H3,(H,22,24,27). The highest BCUT2D eigenvalue weighted by Crippen LogP contribution is 2.23. The maximum atomic E-state index is 12.3. The molecule has 170 valence electrons. The van der Waals surface area contributed by atoms with E-state index in [1.807, 2.05) is 13.8 Å². The normalized spacial score (nSPS) is 13.1. The number of halogens is 1. The van der Waals surface area contributed by atoms with E-state index in [2.05, 4.69) is 20.3 Å². The molecule has 0 radical (unpaired) electrons. The third-order valence-corrected chi connectivity index (χ3v) is 5.34. The number of amides is 1. The summed E-state index contributed by atoms with van der Waals surface area (Å²) in [5.41, 5.74) is 0.509. The van der Waals surface area contributed by atoms with E-state index in [1.54, 1.807) is 6.07 Å². The second-order valence-corrected chi connectivity index (χ2v) is 10.1. The number of rotatable bonds is 10. The Morgan fingerprint density at radius 3 is 2.65 bits per heavy atom. The molecule has 0 spiro atoms. The number of benzene rings is 1. The summed E-state index contributed by atoms with van der Waals surface area (Å²) in [5.74, 6) is -0.397. The number of hydrogen-bond donors (Lipinski definition) is 5. The number of pyridine rings is 1. The van der Waals surface area contributed by atoms with Crippen molar-refractivity contribution in [3.8, 4) is 5.75 Å². The molecule has 0 fully saturated rings. The highest BCUT2D eigenvalue weighted by Gasteiger charge is 2.23. The summed E-state index contributed by atoms with van der Waals surface area (Å²) in [5, 5.41) is 26.5. The number of hydrogen-bond acceptors (Lipinski definition) is 7. The molecule has 1 aromatic carbocycles. The fraction of sp³-hybridized carbons (Fsp3) is 0.400. The van der Waals surface area contributed by atoms with E-state index in [0.29, 0.717) is 22.7 Å². The molecular formula is C20H27ClN4O5S. The highest BCUT2D eigenvalue weighted by atomic mass is 35.5. The predicted octanol–water partition coefficient (Wildman–Crippen LogP) is 1.92. The number of sulfonamides is 1. The number of nitrogens with one attached hydrogen (secondary N) is 3. The molecule has 1 amide bonds. The van der Waals surface area contributed by atoms with Crippen LogP contribution < -0.4 is 15.4 Å². The lowest BCUT2D eigenvalue weighted by atomic mass is 10.0. The summed E-state index contributed by atoms with van der Waals surface area (Å²) >= 11 is 5.90. The van der Waals surface area contributed by atoms with Crippen LogP contribution in [-0.4, -0.2) is 47.9 Å². The molecule has 2 aromatic rings. The SMILES string of the molecule is CC(C)(CCNS(C)(=O)=O)NC(O)c1cc(NC(=O)Cc2cc(Cl)ccc2O)ccn1. The molecule has 5 N–H and O–H groups in total. The van der Waals surface area contributed by atoms with E-state index < -0.39 is 21.8 Å². The van der Waals surface area contributed by atoms with Crippen LogP contribution in [0.3, 0.4) is 0 Å². The van der Waals surface area contributed by atoms with Crippen LogP contribution in [0.2, 0.25) is 5.02 Å². The van der Waals surface area contributed by atoms with Crippen molar-refractivity contribution in [1.29, 1.82) is 0 Å². The number of phenols is 1. The average molecular weight is 471 g/mol. The third kappa shape index (κ3) is 8.80. The Morgan fingerprint density at radius 1 is 1.26 bits per heavy atom. The van der Waals surface area contributed by atoms with Crippen molar-refractivity contribution in [2.45, 2.75) is 38.5 Å². The summed E-state index contributed by atoms with van der Waals surface area (Å²) in [6, 6.07) is 7.57. The molecule has 0 aliphatic heterocycles. The minimum Gasteiger partial charge on any atom is -0.508 e. The van der Waals surface area contributed by atoms with Gasteiger partial charge in [0, 0.05) is 34.6 Å². The fourth-order valence-corrected chi connectivity index (χ4v) is 3.48. The van der Waals surface area contributed by atoms with Crippen LogP contribution in [0.25, 0.3) is 0 Å². The topological polar surface area (TPSA) is 141 Å². The molecule has 0 bridgehead atoms. The van der Waals surface area contributed by atoms with Gasteiger partial charge in [-0.15, -0.1) is 0 Å². The summed E-state index contributed by atoms with van der Waals surface area (Å²) in [4.78, 5) is 16.5. The van der Waals surface area contributed by atoms with Crippen molar-refractivity contribution in [3.63, 3.8) is 0 Å². The molecule has 0 aliphatic rings. The summed E-state index contributed by atoms with van der Waals surface area (Å²) in [6.45, 7) is 3.86. The third-order valence-electron chi connectivity index (χ3n) is 4.38. The van der Waals surface area contributed by atoms with E-state index in [0.717, 1.165) is 6.26 Å². The van der Waals surface area contributed by atoms with Crippen molar-refractivity contribution in [3.05, 3.63) is 52.8 Å². The molecule has 0 saturated heterocycles. The van der Waals surface area contributed by atoms with Gasteiger partial charge in [-0.3, -0.25) is 15.1 Å². The van der Waals surface area contributed by atoms with Gasteiger partial charge in [-0.1, -0.05) is 11.6 Å². The zero-order valence-electron chi connectivity index (χ0n) is 17.5. The first-order valence-electron chi connectivity index (χ1n) is 9.48. The molecule has 1 heterocycles. The largest absolute Gasteiger partial charge is 0.508 e. The van der Waals surface area contributed by atoms with Gasteiger partial charge >= 0.3 is 0 Å². The lowest BCUT2D eigenvalue weighted by molar-refractivity contribution is -0.115. The second kappa shape index (κ2) is 10.4. The monoisotopic (exact) mass is 470 g/mol. The number of phenolic OH excluding ortho intramolecular Hbond substituents is 1. The van der Waals surface area contributed by atoms with Gasteiger partial charge in [0.1, 0.15) is 12.0 Å². The lowest BCUT2D eigenvalue weighted by Gasteiger charge is -2.29. The first-order valence-corrected chi connectivity index (χ1v) is 11.8. The molecule has 2 rings (SSSR count). The zero-order chi connectivity index (χ0) is 23.2. The van der Waals surface area contributed by atoms with Crippen LogP contribution in [0, 0.1) is 0 Å². The van der Waals surface area contributed by atoms with E-state index in [-0.39, 0.29) is 30.3 Å². The average Bonchev–Trinajstić information content (AvgIpc) is 2.63. The van der Waals surface area contributed by atoms with E-state index >= 15 is 0 Å². The Labute approximate surface area is 186 Å². The number of carbonyl (C=O) groups is 1. The van der Waals surface area contributed by atoms with Gasteiger partial charge in [0.25, 0.3) is 0 Å². The molecule has 11 heteroatoms. The van der Waals surface area contributed by atoms with Gasteiger partial charge in [0.15, 0.2) is 0 Å². The number of aliphatic hydroxyl groups is 1. The Morgan fingerprint density at radius 2 is 1.97 bits per heavy atom. The van der Waals surface area contributed by atoms with E-state index in [1.165, 1.54) is 30.5 Å². The smallest absolute Gasteiger partial charge is 0.228 e. The number of anilines is 1. The predicted molar refractivity (Wildman–Crippen MR) is 119 cm³/mol. The second-order valence-electron chi connectivity index (χ2n) is 7.81. The van der Waals surface area contributed by atoms with Crippen molar-refractivity contribution in [2.24, 2.45) is 0 Å².